The standard InChI is InChI=1S/C11H23BrN2O/c1-4-10(9-14(5-2)6-3)13-11(15)7-8-12/h10H,4-9H2,1-3H3,(H,13,15). The molecule has 3 nitrogen and oxygen atoms in total. The van der Waals surface area contributed by atoms with E-state index in [0.717, 1.165) is 31.4 Å². The van der Waals surface area contributed by atoms with Crippen molar-refractivity contribution in [2.24, 2.45) is 0 Å². The molecule has 0 radical (unpaired) electrons. The lowest BCUT2D eigenvalue weighted by Gasteiger charge is -2.25. The molecule has 1 unspecified atom stereocenters. The minimum Gasteiger partial charge on any atom is -0.352 e. The van der Waals surface area contributed by atoms with E-state index in [1.54, 1.807) is 0 Å². The van der Waals surface area contributed by atoms with Gasteiger partial charge in [0.15, 0.2) is 0 Å². The molecule has 0 spiro atoms. The van der Waals surface area contributed by atoms with Crippen LogP contribution in [0.3, 0.4) is 0 Å². The van der Waals surface area contributed by atoms with Gasteiger partial charge in [0.1, 0.15) is 0 Å². The fourth-order valence-electron chi connectivity index (χ4n) is 1.46. The van der Waals surface area contributed by atoms with Crippen LogP contribution in [0, 0.1) is 0 Å². The first-order valence-corrected chi connectivity index (χ1v) is 6.87. The molecule has 0 aliphatic rings. The van der Waals surface area contributed by atoms with Crippen molar-refractivity contribution >= 4 is 21.8 Å². The van der Waals surface area contributed by atoms with Gasteiger partial charge in [0.05, 0.1) is 0 Å². The zero-order valence-corrected chi connectivity index (χ0v) is 11.6. The summed E-state index contributed by atoms with van der Waals surface area (Å²) in [6, 6.07) is 0.288. The Labute approximate surface area is 102 Å². The molecule has 0 fully saturated rings. The summed E-state index contributed by atoms with van der Waals surface area (Å²) >= 11 is 3.27. The lowest BCUT2D eigenvalue weighted by Crippen LogP contribution is -2.43. The van der Waals surface area contributed by atoms with Gasteiger partial charge in [-0.25, -0.2) is 0 Å². The highest BCUT2D eigenvalue weighted by Crippen LogP contribution is 1.98. The Kier molecular flexibility index (Phi) is 9.10. The molecule has 0 saturated carbocycles. The predicted molar refractivity (Wildman–Crippen MR) is 68.4 cm³/mol. The number of carbonyl (C=O) groups is 1. The van der Waals surface area contributed by atoms with E-state index in [9.17, 15) is 4.79 Å². The number of nitrogens with one attached hydrogen (secondary N) is 1. The van der Waals surface area contributed by atoms with Crippen LogP contribution >= 0.6 is 15.9 Å². The molecule has 1 atom stereocenters. The first kappa shape index (κ1) is 14.9. The maximum absolute atomic E-state index is 11.4. The van der Waals surface area contributed by atoms with Crippen LogP contribution in [-0.2, 0) is 4.79 Å². The van der Waals surface area contributed by atoms with E-state index in [2.05, 4.69) is 46.9 Å². The number of likely N-dealkylation sites (N-methyl/N-ethyl adjacent to an activating group) is 1. The van der Waals surface area contributed by atoms with Gasteiger partial charge in [0, 0.05) is 24.3 Å². The second-order valence-electron chi connectivity index (χ2n) is 3.60. The number of rotatable bonds is 8. The smallest absolute Gasteiger partial charge is 0.221 e. The summed E-state index contributed by atoms with van der Waals surface area (Å²) in [4.78, 5) is 13.7. The third kappa shape index (κ3) is 6.90. The number of alkyl halides is 1. The molecule has 0 heterocycles. The first-order chi connectivity index (χ1) is 7.17. The Morgan fingerprint density at radius 3 is 2.33 bits per heavy atom. The molecule has 90 valence electrons. The van der Waals surface area contributed by atoms with Crippen molar-refractivity contribution < 1.29 is 4.79 Å². The third-order valence-corrected chi connectivity index (χ3v) is 2.95. The number of amides is 1. The molecule has 0 bridgehead atoms. The van der Waals surface area contributed by atoms with Crippen LogP contribution in [0.2, 0.25) is 0 Å². The number of hydrogen-bond acceptors (Lipinski definition) is 2. The topological polar surface area (TPSA) is 32.3 Å². The Hall–Kier alpha value is -0.0900. The SMILES string of the molecule is CCC(CN(CC)CC)NC(=O)CCBr. The van der Waals surface area contributed by atoms with Crippen molar-refractivity contribution in [2.45, 2.75) is 39.7 Å². The molecule has 1 N–H and O–H groups in total. The second-order valence-corrected chi connectivity index (χ2v) is 4.39. The van der Waals surface area contributed by atoms with Crippen LogP contribution in [0.25, 0.3) is 0 Å². The van der Waals surface area contributed by atoms with Crippen LogP contribution in [0.4, 0.5) is 0 Å². The highest BCUT2D eigenvalue weighted by atomic mass is 79.9. The number of carbonyl (C=O) groups excluding carboxylic acids is 1. The van der Waals surface area contributed by atoms with Crippen molar-refractivity contribution in [3.05, 3.63) is 0 Å². The third-order valence-electron chi connectivity index (χ3n) is 2.55. The summed E-state index contributed by atoms with van der Waals surface area (Å²) in [6.45, 7) is 9.45. The van der Waals surface area contributed by atoms with Gasteiger partial charge in [0.2, 0.25) is 5.91 Å². The van der Waals surface area contributed by atoms with Crippen molar-refractivity contribution in [3.63, 3.8) is 0 Å². The van der Waals surface area contributed by atoms with Gasteiger partial charge < -0.3 is 10.2 Å². The summed E-state index contributed by atoms with van der Waals surface area (Å²) in [6.07, 6.45) is 1.55. The molecule has 0 aromatic heterocycles. The Morgan fingerprint density at radius 2 is 1.93 bits per heavy atom. The van der Waals surface area contributed by atoms with Gasteiger partial charge in [0.25, 0.3) is 0 Å². The van der Waals surface area contributed by atoms with Crippen molar-refractivity contribution in [1.82, 2.24) is 10.2 Å². The number of hydrogen-bond donors (Lipinski definition) is 1. The summed E-state index contributed by atoms with van der Waals surface area (Å²) < 4.78 is 0. The lowest BCUT2D eigenvalue weighted by molar-refractivity contribution is -0.121. The zero-order valence-electron chi connectivity index (χ0n) is 10.1. The summed E-state index contributed by atoms with van der Waals surface area (Å²) in [5, 5.41) is 3.79. The molecule has 0 aliphatic carbocycles. The Morgan fingerprint density at radius 1 is 1.33 bits per heavy atom. The van der Waals surface area contributed by atoms with E-state index in [4.69, 9.17) is 0 Å². The minimum absolute atomic E-state index is 0.144. The lowest BCUT2D eigenvalue weighted by atomic mass is 10.2. The molecular weight excluding hydrogens is 256 g/mol. The average molecular weight is 279 g/mol. The van der Waals surface area contributed by atoms with Crippen LogP contribution in [0.15, 0.2) is 0 Å². The van der Waals surface area contributed by atoms with E-state index in [-0.39, 0.29) is 11.9 Å². The molecule has 4 heteroatoms. The summed E-state index contributed by atoms with van der Waals surface area (Å²) in [5.41, 5.74) is 0. The Bertz CT molecular complexity index is 172. The molecule has 15 heavy (non-hydrogen) atoms. The molecule has 0 saturated heterocycles. The maximum atomic E-state index is 11.4. The molecule has 0 aliphatic heterocycles. The second kappa shape index (κ2) is 9.16. The zero-order chi connectivity index (χ0) is 11.7. The summed E-state index contributed by atoms with van der Waals surface area (Å²) in [5.74, 6) is 0.144. The van der Waals surface area contributed by atoms with Crippen molar-refractivity contribution in [1.29, 1.82) is 0 Å². The average Bonchev–Trinajstić information content (AvgIpc) is 2.24. The van der Waals surface area contributed by atoms with Crippen LogP contribution in [-0.4, -0.2) is 41.8 Å². The van der Waals surface area contributed by atoms with Crippen LogP contribution < -0.4 is 5.32 Å². The van der Waals surface area contributed by atoms with E-state index < -0.39 is 0 Å². The Balaban J connectivity index is 3.95. The minimum atomic E-state index is 0.144. The van der Waals surface area contributed by atoms with E-state index in [1.165, 1.54) is 0 Å². The predicted octanol–water partition coefficient (Wildman–Crippen LogP) is 2.01. The molecular formula is C11H23BrN2O. The highest BCUT2D eigenvalue weighted by molar-refractivity contribution is 9.09. The fraction of sp³-hybridized carbons (Fsp3) is 0.909. The summed E-state index contributed by atoms with van der Waals surface area (Å²) in [7, 11) is 0. The largest absolute Gasteiger partial charge is 0.352 e. The molecule has 1 amide bonds. The van der Waals surface area contributed by atoms with Crippen molar-refractivity contribution in [2.75, 3.05) is 25.0 Å². The number of halogens is 1. The van der Waals surface area contributed by atoms with Gasteiger partial charge in [-0.2, -0.15) is 0 Å². The van der Waals surface area contributed by atoms with Gasteiger partial charge in [-0.15, -0.1) is 0 Å². The van der Waals surface area contributed by atoms with Crippen molar-refractivity contribution in [3.8, 4) is 0 Å². The van der Waals surface area contributed by atoms with E-state index >= 15 is 0 Å². The van der Waals surface area contributed by atoms with E-state index in [1.807, 2.05) is 0 Å². The number of nitrogens with zero attached hydrogens (tertiary/aromatic N) is 1. The first-order valence-electron chi connectivity index (χ1n) is 5.75. The normalized spacial score (nSPS) is 12.9. The van der Waals surface area contributed by atoms with Gasteiger partial charge >= 0.3 is 0 Å². The van der Waals surface area contributed by atoms with E-state index in [0.29, 0.717) is 6.42 Å². The monoisotopic (exact) mass is 278 g/mol. The van der Waals surface area contributed by atoms with Crippen LogP contribution in [0.1, 0.15) is 33.6 Å². The van der Waals surface area contributed by atoms with Gasteiger partial charge in [-0.3, -0.25) is 4.79 Å². The molecule has 0 rings (SSSR count). The highest BCUT2D eigenvalue weighted by Gasteiger charge is 2.12. The van der Waals surface area contributed by atoms with Crippen LogP contribution in [0.5, 0.6) is 0 Å². The quantitative estimate of drug-likeness (QED) is 0.689. The molecule has 0 aromatic carbocycles. The van der Waals surface area contributed by atoms with Gasteiger partial charge in [-0.1, -0.05) is 36.7 Å². The molecule has 0 aromatic rings. The van der Waals surface area contributed by atoms with Gasteiger partial charge in [-0.05, 0) is 19.5 Å². The maximum Gasteiger partial charge on any atom is 0.221 e. The fourth-order valence-corrected chi connectivity index (χ4v) is 1.82.